The zero-order valence-corrected chi connectivity index (χ0v) is 87.2. The number of ketones is 1. The minimum absolute atomic E-state index is 0.0146. The van der Waals surface area contributed by atoms with E-state index in [2.05, 4.69) is 285 Å². The fourth-order valence-corrected chi connectivity index (χ4v) is 27.0. The second-order valence-electron chi connectivity index (χ2n) is 33.8. The monoisotopic (exact) mass is 2160 g/mol. The molecule has 0 aromatic heterocycles. The number of carbonyl (C=O) groups excluding carboxylic acids is 4. The molecule has 0 radical (unpaired) electrons. The summed E-state index contributed by atoms with van der Waals surface area (Å²) in [5.41, 5.74) is -0.771. The van der Waals surface area contributed by atoms with Gasteiger partial charge in [0.05, 0.1) is 90.4 Å². The van der Waals surface area contributed by atoms with Crippen LogP contribution in [0.25, 0.3) is 0 Å². The molecule has 2 atom stereocenters. The number of ether oxygens (including phenoxy) is 2. The van der Waals surface area contributed by atoms with E-state index in [1.165, 1.54) is 117 Å². The fourth-order valence-electron chi connectivity index (χ4n) is 15.9. The Morgan fingerprint density at radius 3 is 1.08 bits per heavy atom. The van der Waals surface area contributed by atoms with Crippen LogP contribution in [0.2, 0.25) is 0 Å². The van der Waals surface area contributed by atoms with Crippen molar-refractivity contribution in [1.82, 2.24) is 4.90 Å². The van der Waals surface area contributed by atoms with Gasteiger partial charge in [-0.05, 0) is 188 Å². The molecular weight excluding hydrogens is 2040 g/mol. The minimum Gasteiger partial charge on any atom is -0.872 e. The molecule has 14 aromatic carbocycles. The molecule has 1 aliphatic heterocycles. The largest absolute Gasteiger partial charge is 0.872 e. The molecule has 2 aliphatic carbocycles. The highest BCUT2D eigenvalue weighted by Crippen LogP contribution is 2.64. The van der Waals surface area contributed by atoms with Gasteiger partial charge in [0.1, 0.15) is 24.9 Å². The molecule has 144 heavy (non-hydrogen) atoms. The van der Waals surface area contributed by atoms with Gasteiger partial charge in [-0.15, -0.1) is 0 Å². The summed E-state index contributed by atoms with van der Waals surface area (Å²) in [6.07, 6.45) is 17.9. The minimum atomic E-state index is -4.33. The van der Waals surface area contributed by atoms with E-state index in [9.17, 15) is 79.3 Å². The summed E-state index contributed by atoms with van der Waals surface area (Å²) < 4.78 is 106. The van der Waals surface area contributed by atoms with Gasteiger partial charge < -0.3 is 49.1 Å². The van der Waals surface area contributed by atoms with Crippen LogP contribution in [-0.2, 0) is 72.8 Å². The first-order chi connectivity index (χ1) is 69.4. The first kappa shape index (κ1) is 115. The van der Waals surface area contributed by atoms with Crippen molar-refractivity contribution >= 4 is 83.4 Å². The fraction of sp³-hybridized carbons (Fsp3) is 0.239. The lowest BCUT2D eigenvalue weighted by Gasteiger charge is -2.37. The number of fused-ring (bicyclic) bond motifs is 2. The molecule has 16 nitrogen and oxygen atoms in total. The number of carboxylic acids is 3. The highest BCUT2D eigenvalue weighted by Gasteiger charge is 2.64. The number of esters is 1. The average molecular weight is 2160 g/mol. The van der Waals surface area contributed by atoms with E-state index < -0.39 is 101 Å². The van der Waals surface area contributed by atoms with Crippen LogP contribution in [-0.4, -0.2) is 110 Å². The average Bonchev–Trinajstić information content (AvgIpc) is 1.55. The molecule has 1 N–H and O–H groups in total. The molecule has 3 aliphatic rings. The van der Waals surface area contributed by atoms with Crippen LogP contribution in [0.15, 0.2) is 425 Å². The Balaban J connectivity index is 0.000000182. The summed E-state index contributed by atoms with van der Waals surface area (Å²) >= 11 is -0.447. The summed E-state index contributed by atoms with van der Waals surface area (Å²) in [7, 11) is -4.40. The molecule has 1 saturated heterocycles. The van der Waals surface area contributed by atoms with Crippen LogP contribution in [0, 0.1) is 53.0 Å². The third-order valence-corrected chi connectivity index (χ3v) is 35.1. The summed E-state index contributed by atoms with van der Waals surface area (Å²) in [4.78, 5) is 70.6. The lowest BCUT2D eigenvalue weighted by atomic mass is 9.70. The summed E-state index contributed by atoms with van der Waals surface area (Å²) in [5.74, 6) is -17.7. The van der Waals surface area contributed by atoms with Gasteiger partial charge >= 0.3 is 33.1 Å². The van der Waals surface area contributed by atoms with Crippen LogP contribution >= 0.6 is 0 Å². The highest BCUT2D eigenvalue weighted by atomic mass is 127. The van der Waals surface area contributed by atoms with E-state index in [1.54, 1.807) is 24.3 Å². The molecule has 754 valence electrons. The zero-order chi connectivity index (χ0) is 104. The molecule has 17 rings (SSSR count). The molecule has 2 bridgehead atoms. The zero-order valence-electron chi connectivity index (χ0n) is 80.9. The maximum Gasteiger partial charge on any atom is 0.358 e. The van der Waals surface area contributed by atoms with Crippen LogP contribution in [0.3, 0.4) is 0 Å². The number of rotatable bonds is 30. The summed E-state index contributed by atoms with van der Waals surface area (Å²) in [6, 6.07) is 126. The van der Waals surface area contributed by atoms with E-state index in [0.29, 0.717) is 37.0 Å². The number of carbonyl (C=O) groups is 5. The van der Waals surface area contributed by atoms with Crippen LogP contribution in [0.1, 0.15) is 135 Å². The lowest BCUT2D eigenvalue weighted by Crippen LogP contribution is -3.61. The Kier molecular flexibility index (Phi) is 49.1. The third kappa shape index (κ3) is 36.5. The first-order valence-corrected chi connectivity index (χ1v) is 56.6. The van der Waals surface area contributed by atoms with Crippen molar-refractivity contribution in [3.63, 3.8) is 0 Å². The van der Waals surface area contributed by atoms with Gasteiger partial charge in [-0.1, -0.05) is 302 Å². The molecule has 27 heteroatoms. The molecule has 14 aromatic rings. The van der Waals surface area contributed by atoms with Gasteiger partial charge in [0.15, 0.2) is 81.6 Å². The Morgan fingerprint density at radius 1 is 0.444 bits per heavy atom. The Hall–Kier alpha value is -12.2. The lowest BCUT2D eigenvalue weighted by molar-refractivity contribution is -0.598. The van der Waals surface area contributed by atoms with Crippen LogP contribution in [0.5, 0.6) is 11.5 Å². The number of hydrogen-bond donors (Lipinski definition) is 1. The third-order valence-electron chi connectivity index (χ3n) is 23.5. The topological polar surface area (TPSA) is 277 Å². The number of Topliss-reactive ketones (excluding diaryl/α,β-unsaturated/α-hetero) is 1. The first-order valence-electron chi connectivity index (χ1n) is 47.1. The number of hydrogen-bond acceptors (Lipinski definition) is 15. The van der Waals surface area contributed by atoms with Crippen LogP contribution < -0.4 is 41.6 Å². The van der Waals surface area contributed by atoms with Gasteiger partial charge in [0.25, 0.3) is 0 Å². The van der Waals surface area contributed by atoms with Gasteiger partial charge in [-0.2, -0.15) is 0 Å². The molecular formula is C117H119F5INO15S5. The number of unbranched alkanes of at least 4 members (excludes halogenated alkanes) is 8. The van der Waals surface area contributed by atoms with Crippen molar-refractivity contribution in [2.75, 3.05) is 57.7 Å². The summed E-state index contributed by atoms with van der Waals surface area (Å²) in [6.45, 7) is 11.0. The Bertz CT molecular complexity index is 5670. The van der Waals surface area contributed by atoms with Gasteiger partial charge in [-0.3, -0.25) is 14.5 Å². The number of aromatic carboxylic acids is 3. The predicted octanol–water partition coefficient (Wildman–Crippen LogP) is 19.4. The number of para-hydroxylation sites is 1. The SMILES string of the molecule is CC1(C)C2CCC1(CS(=O)(=O)[O-])C(=O)C2.CCCCCCCCCCCC(=O)OCCN1CCOCC1.C[S+](C)c1ccccc1C(=O)[O-].O=C(O)c1ccccc1[O-].O=C([O-])c1ccccc1[I+]c1ccccc1.[O-]c1c(F)c(F)c(F)c(F)c1F.c1ccc([S+](c2ccccc2)c2ccccc2)cc1.c1ccc([S+](c2ccccc2)c2ccccc2)cc1.c1ccc([S+](c2ccccc2)c2ccccc2)cc1. The normalized spacial score (nSPS) is 14.1. The standard InChI is InChI=1S/C18H35NO3.3C18H15S.C13H9IO2.C10H16O4S.C9H10O2S.C7H6O3.C6HF5O/c1-2-3-4-5-6-7-8-9-10-11-18(20)22-17-14-19-12-15-21-16-13-19;3*1-4-10-16(11-5-1)19(17-12-6-2-7-13-17)18-14-8-3-9-15-18;15-13(16)11-8-4-5-9-12(11)14-10-6-2-1-3-7-10;1-9(2)7-3-4-10(9,8(11)5-7)6-15(12,13)14;1-12(2)8-6-4-3-5-7(8)9(10)11;8-6-4-2-1-3-5(6)7(9)10;7-1-2(8)4(10)6(12)5(11)3(1)9/h2-17H2,1H3;3*1-15H;1-9H;7H,3-6H2,1-2H3,(H,12,13,14);3-6H,1-2H3;1-4,8H,(H,9,10);12H/q;3*+1;;;;;/p-3. The van der Waals surface area contributed by atoms with Gasteiger partial charge in [0, 0.05) is 48.8 Å². The molecule has 3 fully saturated rings. The molecule has 2 saturated carbocycles. The van der Waals surface area contributed by atoms with E-state index >= 15 is 0 Å². The van der Waals surface area contributed by atoms with Gasteiger partial charge in [-0.25, -0.2) is 35.2 Å². The van der Waals surface area contributed by atoms with Crippen molar-refractivity contribution in [2.24, 2.45) is 16.7 Å². The second kappa shape index (κ2) is 61.2. The number of halogens is 6. The van der Waals surface area contributed by atoms with Crippen molar-refractivity contribution in [1.29, 1.82) is 0 Å². The van der Waals surface area contributed by atoms with Gasteiger partial charge in [0.2, 0.25) is 3.57 Å². The van der Waals surface area contributed by atoms with Crippen molar-refractivity contribution in [2.45, 2.75) is 153 Å². The smallest absolute Gasteiger partial charge is 0.358 e. The molecule has 0 amide bonds. The second-order valence-corrected chi connectivity index (χ2v) is 46.3. The maximum atomic E-state index is 12.1. The van der Waals surface area contributed by atoms with E-state index in [0.717, 1.165) is 60.6 Å². The molecule has 1 heterocycles. The molecule has 0 spiro atoms. The summed E-state index contributed by atoms with van der Waals surface area (Å²) in [5, 5.41) is 50.7. The Labute approximate surface area is 864 Å². The van der Waals surface area contributed by atoms with E-state index in [-0.39, 0.29) is 72.2 Å². The van der Waals surface area contributed by atoms with Crippen molar-refractivity contribution in [3.05, 3.63) is 429 Å². The number of benzene rings is 14. The predicted molar refractivity (Wildman–Crippen MR) is 549 cm³/mol. The highest BCUT2D eigenvalue weighted by molar-refractivity contribution is 7.97. The number of nitrogens with zero attached hydrogens (tertiary/aromatic N) is 1. The Morgan fingerprint density at radius 2 is 0.764 bits per heavy atom. The van der Waals surface area contributed by atoms with Crippen molar-refractivity contribution in [3.8, 4) is 11.5 Å². The van der Waals surface area contributed by atoms with E-state index in [1.807, 2.05) is 81.0 Å². The number of morpholine rings is 1. The maximum absolute atomic E-state index is 12.1. The van der Waals surface area contributed by atoms with Crippen LogP contribution in [0.4, 0.5) is 22.0 Å². The quantitative estimate of drug-likeness (QED) is 0.00640. The number of carboxylic acid groups (broad SMARTS) is 3. The molecule has 2 unspecified atom stereocenters. The van der Waals surface area contributed by atoms with Crippen molar-refractivity contribution < 1.29 is 115 Å². The van der Waals surface area contributed by atoms with E-state index in [4.69, 9.17) is 14.6 Å².